The highest BCUT2D eigenvalue weighted by molar-refractivity contribution is 7.89. The summed E-state index contributed by atoms with van der Waals surface area (Å²) in [7, 11) is -3.71. The molecule has 0 aliphatic carbocycles. The summed E-state index contributed by atoms with van der Waals surface area (Å²) in [6.45, 7) is 4.90. The smallest absolute Gasteiger partial charge is 0.252 e. The highest BCUT2D eigenvalue weighted by Crippen LogP contribution is 2.23. The molecule has 1 aromatic heterocycles. The Morgan fingerprint density at radius 3 is 2.48 bits per heavy atom. The lowest BCUT2D eigenvalue weighted by atomic mass is 10.1. The standard InChI is InChI=1S/C23H27N3O4S/c1-3-5-13-26(4-2)31(29,30)18-11-12-21-19(14-18)20(15-22(27)25-21)23(28)24-16-17-9-7-6-8-10-17/h6-12,14-15H,3-5,13,16H2,1-2H3,(H,24,28)(H,25,27). The number of hydrogen-bond acceptors (Lipinski definition) is 4. The van der Waals surface area contributed by atoms with E-state index < -0.39 is 21.5 Å². The Bertz CT molecular complexity index is 1220. The second kappa shape index (κ2) is 9.89. The zero-order chi connectivity index (χ0) is 22.4. The van der Waals surface area contributed by atoms with Crippen molar-refractivity contribution in [1.29, 1.82) is 0 Å². The number of unbranched alkanes of at least 4 members (excludes halogenated alkanes) is 1. The Kier molecular flexibility index (Phi) is 7.25. The van der Waals surface area contributed by atoms with Gasteiger partial charge in [-0.2, -0.15) is 4.31 Å². The van der Waals surface area contributed by atoms with Crippen LogP contribution in [0.15, 0.2) is 64.3 Å². The highest BCUT2D eigenvalue weighted by Gasteiger charge is 2.24. The number of benzene rings is 2. The van der Waals surface area contributed by atoms with Crippen LogP contribution in [0.1, 0.15) is 42.6 Å². The van der Waals surface area contributed by atoms with Gasteiger partial charge in [0.15, 0.2) is 0 Å². The van der Waals surface area contributed by atoms with Gasteiger partial charge in [0.05, 0.1) is 10.5 Å². The largest absolute Gasteiger partial charge is 0.348 e. The molecule has 0 radical (unpaired) electrons. The number of hydrogen-bond donors (Lipinski definition) is 2. The molecule has 0 spiro atoms. The minimum Gasteiger partial charge on any atom is -0.348 e. The van der Waals surface area contributed by atoms with E-state index >= 15 is 0 Å². The van der Waals surface area contributed by atoms with E-state index in [1.165, 1.54) is 28.6 Å². The number of nitrogens with zero attached hydrogens (tertiary/aromatic N) is 1. The molecule has 3 rings (SSSR count). The van der Waals surface area contributed by atoms with Crippen molar-refractivity contribution in [1.82, 2.24) is 14.6 Å². The maximum Gasteiger partial charge on any atom is 0.252 e. The first-order valence-electron chi connectivity index (χ1n) is 10.4. The molecule has 164 valence electrons. The summed E-state index contributed by atoms with van der Waals surface area (Å²) in [5.41, 5.74) is 1.05. The number of sulfonamides is 1. The van der Waals surface area contributed by atoms with Gasteiger partial charge in [0.2, 0.25) is 15.6 Å². The molecule has 2 N–H and O–H groups in total. The predicted molar refractivity (Wildman–Crippen MR) is 122 cm³/mol. The zero-order valence-electron chi connectivity index (χ0n) is 17.7. The monoisotopic (exact) mass is 441 g/mol. The van der Waals surface area contributed by atoms with Gasteiger partial charge in [-0.25, -0.2) is 8.42 Å². The summed E-state index contributed by atoms with van der Waals surface area (Å²) in [5, 5.41) is 3.19. The summed E-state index contributed by atoms with van der Waals surface area (Å²) >= 11 is 0. The zero-order valence-corrected chi connectivity index (χ0v) is 18.5. The summed E-state index contributed by atoms with van der Waals surface area (Å²) in [6, 6.07) is 15.1. The third kappa shape index (κ3) is 5.21. The molecule has 1 heterocycles. The van der Waals surface area contributed by atoms with Crippen molar-refractivity contribution < 1.29 is 13.2 Å². The average Bonchev–Trinajstić information content (AvgIpc) is 2.77. The van der Waals surface area contributed by atoms with Crippen molar-refractivity contribution in [2.75, 3.05) is 13.1 Å². The fraction of sp³-hybridized carbons (Fsp3) is 0.304. The Morgan fingerprint density at radius 1 is 1.06 bits per heavy atom. The number of H-pyrrole nitrogens is 1. The van der Waals surface area contributed by atoms with Crippen LogP contribution < -0.4 is 10.9 Å². The first-order valence-corrected chi connectivity index (χ1v) is 11.8. The van der Waals surface area contributed by atoms with Crippen LogP contribution in [0.4, 0.5) is 0 Å². The number of amides is 1. The van der Waals surface area contributed by atoms with Crippen LogP contribution in [0.3, 0.4) is 0 Å². The van der Waals surface area contributed by atoms with Gasteiger partial charge in [-0.15, -0.1) is 0 Å². The number of pyridine rings is 1. The van der Waals surface area contributed by atoms with Crippen LogP contribution >= 0.6 is 0 Å². The van der Waals surface area contributed by atoms with Crippen molar-refractivity contribution in [2.24, 2.45) is 0 Å². The van der Waals surface area contributed by atoms with Crippen LogP contribution in [0, 0.1) is 0 Å². The van der Waals surface area contributed by atoms with E-state index in [9.17, 15) is 18.0 Å². The normalized spacial score (nSPS) is 11.7. The molecule has 2 aromatic carbocycles. The van der Waals surface area contributed by atoms with Crippen molar-refractivity contribution >= 4 is 26.8 Å². The molecule has 0 unspecified atom stereocenters. The lowest BCUT2D eigenvalue weighted by molar-refractivity contribution is 0.0952. The van der Waals surface area contributed by atoms with Crippen molar-refractivity contribution in [3.63, 3.8) is 0 Å². The number of aromatic amines is 1. The second-order valence-corrected chi connectivity index (χ2v) is 9.21. The van der Waals surface area contributed by atoms with Gasteiger partial charge in [0.1, 0.15) is 0 Å². The van der Waals surface area contributed by atoms with Crippen LogP contribution in [0.5, 0.6) is 0 Å². The number of aromatic nitrogens is 1. The summed E-state index contributed by atoms with van der Waals surface area (Å²) < 4.78 is 27.7. The maximum atomic E-state index is 13.1. The molecule has 0 aliphatic heterocycles. The van der Waals surface area contributed by atoms with E-state index in [0.717, 1.165) is 18.4 Å². The van der Waals surface area contributed by atoms with Gasteiger partial charge < -0.3 is 10.3 Å². The number of nitrogens with one attached hydrogen (secondary N) is 2. The molecular formula is C23H27N3O4S. The average molecular weight is 442 g/mol. The predicted octanol–water partition coefficient (Wildman–Crippen LogP) is 3.27. The second-order valence-electron chi connectivity index (χ2n) is 7.27. The van der Waals surface area contributed by atoms with Gasteiger partial charge in [-0.1, -0.05) is 50.6 Å². The Hall–Kier alpha value is -2.97. The third-order valence-electron chi connectivity index (χ3n) is 5.11. The number of carbonyl (C=O) groups is 1. The van der Waals surface area contributed by atoms with E-state index in [2.05, 4.69) is 10.3 Å². The van der Waals surface area contributed by atoms with Crippen LogP contribution in [-0.2, 0) is 16.6 Å². The third-order valence-corrected chi connectivity index (χ3v) is 7.08. The van der Waals surface area contributed by atoms with Gasteiger partial charge in [0, 0.05) is 36.6 Å². The Labute approximate surface area is 182 Å². The molecule has 0 aliphatic rings. The van der Waals surface area contributed by atoms with Crippen molar-refractivity contribution in [3.05, 3.63) is 76.1 Å². The molecule has 31 heavy (non-hydrogen) atoms. The summed E-state index contributed by atoms with van der Waals surface area (Å²) in [6.07, 6.45) is 1.65. The lowest BCUT2D eigenvalue weighted by Crippen LogP contribution is -2.32. The molecule has 0 saturated carbocycles. The molecule has 0 atom stereocenters. The van der Waals surface area contributed by atoms with Gasteiger partial charge >= 0.3 is 0 Å². The van der Waals surface area contributed by atoms with E-state index in [1.807, 2.05) is 37.3 Å². The Morgan fingerprint density at radius 2 is 1.81 bits per heavy atom. The quantitative estimate of drug-likeness (QED) is 0.532. The summed E-state index contributed by atoms with van der Waals surface area (Å²) in [5.74, 6) is -0.437. The van der Waals surface area contributed by atoms with E-state index in [0.29, 0.717) is 30.5 Å². The maximum absolute atomic E-state index is 13.1. The van der Waals surface area contributed by atoms with E-state index in [1.54, 1.807) is 6.92 Å². The van der Waals surface area contributed by atoms with Crippen molar-refractivity contribution in [3.8, 4) is 0 Å². The minimum atomic E-state index is -3.71. The fourth-order valence-electron chi connectivity index (χ4n) is 3.39. The number of carbonyl (C=O) groups excluding carboxylic acids is 1. The van der Waals surface area contributed by atoms with E-state index in [-0.39, 0.29) is 10.5 Å². The molecule has 1 amide bonds. The highest BCUT2D eigenvalue weighted by atomic mass is 32.2. The Balaban J connectivity index is 1.98. The molecule has 7 nitrogen and oxygen atoms in total. The minimum absolute atomic E-state index is 0.0992. The van der Waals surface area contributed by atoms with Gasteiger partial charge in [-0.3, -0.25) is 9.59 Å². The summed E-state index contributed by atoms with van der Waals surface area (Å²) in [4.78, 5) is 27.7. The molecule has 0 bridgehead atoms. The van der Waals surface area contributed by atoms with Gasteiger partial charge in [-0.05, 0) is 30.2 Å². The van der Waals surface area contributed by atoms with Gasteiger partial charge in [0.25, 0.3) is 5.91 Å². The van der Waals surface area contributed by atoms with Crippen LogP contribution in [-0.4, -0.2) is 36.7 Å². The molecule has 3 aromatic rings. The topological polar surface area (TPSA) is 99.3 Å². The fourth-order valence-corrected chi connectivity index (χ4v) is 4.90. The van der Waals surface area contributed by atoms with E-state index in [4.69, 9.17) is 0 Å². The van der Waals surface area contributed by atoms with Crippen LogP contribution in [0.2, 0.25) is 0 Å². The number of fused-ring (bicyclic) bond motifs is 1. The van der Waals surface area contributed by atoms with Crippen LogP contribution in [0.25, 0.3) is 10.9 Å². The SMILES string of the molecule is CCCCN(CC)S(=O)(=O)c1ccc2[nH]c(=O)cc(C(=O)NCc3ccccc3)c2c1. The first-order chi connectivity index (χ1) is 14.9. The lowest BCUT2D eigenvalue weighted by Gasteiger charge is -2.20. The molecular weight excluding hydrogens is 414 g/mol. The number of rotatable bonds is 9. The molecule has 0 saturated heterocycles. The molecule has 0 fully saturated rings. The van der Waals surface area contributed by atoms with Crippen molar-refractivity contribution in [2.45, 2.75) is 38.1 Å². The molecule has 8 heteroatoms. The first kappa shape index (κ1) is 22.7.